The number of halogens is 2. The van der Waals surface area contributed by atoms with Crippen LogP contribution in [0, 0.1) is 33.1 Å². The fourth-order valence-electron chi connectivity index (χ4n) is 1.54. The fraction of sp³-hybridized carbons (Fsp3) is 0. The molecule has 0 aromatic heterocycles. The van der Waals surface area contributed by atoms with E-state index in [1.807, 2.05) is 0 Å². The molecule has 7 heteroatoms. The molecule has 2 rings (SSSR count). The Morgan fingerprint density at radius 3 is 2.65 bits per heavy atom. The molecule has 0 aliphatic heterocycles. The van der Waals surface area contributed by atoms with Crippen LogP contribution in [-0.4, -0.2) is 4.92 Å². The minimum atomic E-state index is -0.871. The van der Waals surface area contributed by atoms with E-state index in [0.717, 1.165) is 24.3 Å². The van der Waals surface area contributed by atoms with Crippen molar-refractivity contribution in [1.82, 2.24) is 0 Å². The van der Waals surface area contributed by atoms with Crippen molar-refractivity contribution < 1.29 is 18.4 Å². The molecular weight excluding hydrogens is 270 g/mol. The van der Waals surface area contributed by atoms with Crippen LogP contribution >= 0.6 is 0 Å². The van der Waals surface area contributed by atoms with Gasteiger partial charge in [0, 0.05) is 6.07 Å². The van der Waals surface area contributed by atoms with Crippen LogP contribution in [0.4, 0.5) is 14.5 Å². The van der Waals surface area contributed by atoms with Gasteiger partial charge in [0.25, 0.3) is 5.69 Å². The van der Waals surface area contributed by atoms with E-state index in [9.17, 15) is 18.9 Å². The van der Waals surface area contributed by atoms with E-state index < -0.39 is 22.2 Å². The Hall–Kier alpha value is -3.01. The standard InChI is InChI=1S/C13H6F2N2O3/c14-8-4-9(17(18)19)6-10(5-8)20-13-3-1-2-12(15)11(13)7-16/h1-6H. The van der Waals surface area contributed by atoms with Crippen molar-refractivity contribution >= 4 is 5.69 Å². The Balaban J connectivity index is 2.43. The Morgan fingerprint density at radius 1 is 1.25 bits per heavy atom. The molecule has 0 heterocycles. The molecule has 100 valence electrons. The van der Waals surface area contributed by atoms with Crippen LogP contribution in [0.15, 0.2) is 36.4 Å². The minimum absolute atomic E-state index is 0.146. The molecule has 0 unspecified atom stereocenters. The highest BCUT2D eigenvalue weighted by molar-refractivity contribution is 5.47. The summed E-state index contributed by atoms with van der Waals surface area (Å²) >= 11 is 0. The van der Waals surface area contributed by atoms with Gasteiger partial charge in [-0.15, -0.1) is 0 Å². The summed E-state index contributed by atoms with van der Waals surface area (Å²) in [4.78, 5) is 9.82. The lowest BCUT2D eigenvalue weighted by atomic mass is 10.2. The van der Waals surface area contributed by atoms with Gasteiger partial charge in [-0.05, 0) is 12.1 Å². The van der Waals surface area contributed by atoms with Crippen molar-refractivity contribution in [2.75, 3.05) is 0 Å². The number of nitrogens with zero attached hydrogens (tertiary/aromatic N) is 2. The van der Waals surface area contributed by atoms with Gasteiger partial charge in [0.1, 0.15) is 34.8 Å². The van der Waals surface area contributed by atoms with Gasteiger partial charge in [-0.3, -0.25) is 10.1 Å². The first kappa shape index (κ1) is 13.4. The van der Waals surface area contributed by atoms with Crippen LogP contribution in [0.1, 0.15) is 5.56 Å². The molecule has 0 saturated carbocycles. The van der Waals surface area contributed by atoms with Crippen molar-refractivity contribution in [3.8, 4) is 17.6 Å². The first-order chi connectivity index (χ1) is 9.51. The van der Waals surface area contributed by atoms with Gasteiger partial charge < -0.3 is 4.74 Å². The first-order valence-corrected chi connectivity index (χ1v) is 5.32. The normalized spacial score (nSPS) is 9.85. The number of nitro groups is 1. The van der Waals surface area contributed by atoms with E-state index in [4.69, 9.17) is 10.00 Å². The van der Waals surface area contributed by atoms with Gasteiger partial charge in [0.15, 0.2) is 0 Å². The lowest BCUT2D eigenvalue weighted by Gasteiger charge is -2.07. The van der Waals surface area contributed by atoms with Gasteiger partial charge >= 0.3 is 0 Å². The number of benzene rings is 2. The predicted molar refractivity (Wildman–Crippen MR) is 64.2 cm³/mol. The zero-order valence-corrected chi connectivity index (χ0v) is 9.84. The maximum atomic E-state index is 13.4. The van der Waals surface area contributed by atoms with Gasteiger partial charge in [-0.1, -0.05) is 6.07 Å². The molecule has 0 saturated heterocycles. The van der Waals surface area contributed by atoms with Crippen LogP contribution in [0.25, 0.3) is 0 Å². The van der Waals surface area contributed by atoms with Crippen LogP contribution < -0.4 is 4.74 Å². The number of rotatable bonds is 3. The highest BCUT2D eigenvalue weighted by atomic mass is 19.1. The van der Waals surface area contributed by atoms with E-state index in [0.29, 0.717) is 0 Å². The van der Waals surface area contributed by atoms with Crippen molar-refractivity contribution in [3.05, 3.63) is 63.7 Å². The zero-order chi connectivity index (χ0) is 14.7. The van der Waals surface area contributed by atoms with Gasteiger partial charge in [-0.25, -0.2) is 8.78 Å². The summed E-state index contributed by atoms with van der Waals surface area (Å²) in [6.07, 6.45) is 0. The van der Waals surface area contributed by atoms with E-state index in [-0.39, 0.29) is 17.1 Å². The minimum Gasteiger partial charge on any atom is -0.455 e. The number of nitriles is 1. The highest BCUT2D eigenvalue weighted by Gasteiger charge is 2.14. The summed E-state index contributed by atoms with van der Waals surface area (Å²) in [5.74, 6) is -2.01. The molecule has 5 nitrogen and oxygen atoms in total. The molecule has 0 amide bonds. The Kier molecular flexibility index (Phi) is 3.57. The van der Waals surface area contributed by atoms with Crippen LogP contribution in [0.2, 0.25) is 0 Å². The molecule has 0 N–H and O–H groups in total. The van der Waals surface area contributed by atoms with E-state index >= 15 is 0 Å². The maximum absolute atomic E-state index is 13.4. The molecule has 0 fully saturated rings. The summed E-state index contributed by atoms with van der Waals surface area (Å²) in [5.41, 5.74) is -0.866. The quantitative estimate of drug-likeness (QED) is 0.634. The number of non-ortho nitro benzene ring substituents is 1. The molecule has 0 spiro atoms. The summed E-state index contributed by atoms with van der Waals surface area (Å²) in [7, 11) is 0. The number of hydrogen-bond acceptors (Lipinski definition) is 4. The monoisotopic (exact) mass is 276 g/mol. The molecule has 0 atom stereocenters. The Bertz CT molecular complexity index is 726. The summed E-state index contributed by atoms with van der Waals surface area (Å²) in [6.45, 7) is 0. The maximum Gasteiger partial charge on any atom is 0.276 e. The number of hydrogen-bond donors (Lipinski definition) is 0. The van der Waals surface area contributed by atoms with E-state index in [2.05, 4.69) is 0 Å². The SMILES string of the molecule is N#Cc1c(F)cccc1Oc1cc(F)cc([N+](=O)[O-])c1. The first-order valence-electron chi connectivity index (χ1n) is 5.32. The second kappa shape index (κ2) is 5.32. The van der Waals surface area contributed by atoms with Crippen LogP contribution in [-0.2, 0) is 0 Å². The third kappa shape index (κ3) is 2.70. The van der Waals surface area contributed by atoms with E-state index in [1.165, 1.54) is 12.1 Å². The average molecular weight is 276 g/mol. The van der Waals surface area contributed by atoms with Gasteiger partial charge in [0.2, 0.25) is 0 Å². The topological polar surface area (TPSA) is 76.2 Å². The van der Waals surface area contributed by atoms with Crippen molar-refractivity contribution in [2.45, 2.75) is 0 Å². The highest BCUT2D eigenvalue weighted by Crippen LogP contribution is 2.29. The molecule has 0 aliphatic rings. The van der Waals surface area contributed by atoms with Gasteiger partial charge in [0.05, 0.1) is 17.1 Å². The predicted octanol–water partition coefficient (Wildman–Crippen LogP) is 3.54. The second-order valence-electron chi connectivity index (χ2n) is 3.73. The molecule has 0 radical (unpaired) electrons. The smallest absolute Gasteiger partial charge is 0.276 e. The van der Waals surface area contributed by atoms with Crippen LogP contribution in [0.3, 0.4) is 0 Å². The molecule has 0 aliphatic carbocycles. The fourth-order valence-corrected chi connectivity index (χ4v) is 1.54. The largest absolute Gasteiger partial charge is 0.455 e. The lowest BCUT2D eigenvalue weighted by Crippen LogP contribution is -1.94. The van der Waals surface area contributed by atoms with Crippen molar-refractivity contribution in [3.63, 3.8) is 0 Å². The summed E-state index contributed by atoms with van der Waals surface area (Å²) < 4.78 is 31.7. The average Bonchev–Trinajstić information content (AvgIpc) is 2.38. The second-order valence-corrected chi connectivity index (χ2v) is 3.73. The molecule has 20 heavy (non-hydrogen) atoms. The Morgan fingerprint density at radius 2 is 2.00 bits per heavy atom. The van der Waals surface area contributed by atoms with Crippen molar-refractivity contribution in [2.24, 2.45) is 0 Å². The summed E-state index contributed by atoms with van der Waals surface area (Å²) in [6, 6.07) is 7.90. The molecule has 2 aromatic carbocycles. The zero-order valence-electron chi connectivity index (χ0n) is 9.84. The molecular formula is C13H6F2N2O3. The summed E-state index contributed by atoms with van der Waals surface area (Å²) in [5, 5.41) is 19.4. The Labute approximate surface area is 111 Å². The molecule has 2 aromatic rings. The third-order valence-corrected chi connectivity index (χ3v) is 2.38. The van der Waals surface area contributed by atoms with Gasteiger partial charge in [-0.2, -0.15) is 5.26 Å². The van der Waals surface area contributed by atoms with Crippen molar-refractivity contribution in [1.29, 1.82) is 5.26 Å². The number of ether oxygens (including phenoxy) is 1. The third-order valence-electron chi connectivity index (χ3n) is 2.38. The number of nitro benzene ring substituents is 1. The van der Waals surface area contributed by atoms with Crippen LogP contribution in [0.5, 0.6) is 11.5 Å². The lowest BCUT2D eigenvalue weighted by molar-refractivity contribution is -0.385. The van der Waals surface area contributed by atoms with E-state index in [1.54, 1.807) is 6.07 Å². The molecule has 0 bridgehead atoms.